The van der Waals surface area contributed by atoms with Gasteiger partial charge >= 0.3 is 0 Å². The second-order valence-corrected chi connectivity index (χ2v) is 16.1. The lowest BCUT2D eigenvalue weighted by molar-refractivity contribution is -0.00100. The minimum absolute atomic E-state index is 0. The number of hydrogen-bond donors (Lipinski definition) is 0. The average molecular weight is 843 g/mol. The molecule has 0 aromatic carbocycles. The van der Waals surface area contributed by atoms with Crippen LogP contribution in [0.25, 0.3) is 0 Å². The van der Waals surface area contributed by atoms with Gasteiger partial charge in [-0.3, -0.25) is 0 Å². The monoisotopic (exact) mass is 841 g/mol. The molecule has 0 bridgehead atoms. The zero-order valence-electron chi connectivity index (χ0n) is 33.8. The molecule has 8 heteroatoms. The molecule has 4 atom stereocenters. The Balaban J connectivity index is -0.0000000721. The quantitative estimate of drug-likeness (QED) is 0.0724. The molecule has 0 saturated heterocycles. The zero-order chi connectivity index (χ0) is 33.5. The predicted octanol–water partition coefficient (Wildman–Crippen LogP) is 2.95. The maximum absolute atomic E-state index is 2.28. The van der Waals surface area contributed by atoms with Crippen molar-refractivity contribution in [1.82, 2.24) is 0 Å². The molecule has 0 aliphatic heterocycles. The van der Waals surface area contributed by atoms with Crippen LogP contribution in [0.2, 0.25) is 0 Å². The molecule has 0 aliphatic rings. The largest absolute Gasteiger partial charge is 1.00 e. The van der Waals surface area contributed by atoms with Crippen LogP contribution in [0.3, 0.4) is 0 Å². The van der Waals surface area contributed by atoms with E-state index in [0.717, 1.165) is 0 Å². The third kappa shape index (κ3) is 92.1. The van der Waals surface area contributed by atoms with E-state index in [1.165, 1.54) is 230 Å². The molecule has 0 aliphatic carbocycles. The minimum Gasteiger partial charge on any atom is -1.00 e. The average Bonchev–Trinajstić information content (AvgIpc) is 3.04. The van der Waals surface area contributed by atoms with E-state index in [2.05, 4.69) is 64.7 Å². The van der Waals surface area contributed by atoms with Crippen molar-refractivity contribution >= 4 is 37.0 Å². The maximum Gasteiger partial charge on any atom is 0.0526 e. The van der Waals surface area contributed by atoms with Crippen LogP contribution >= 0.6 is 37.0 Å². The van der Waals surface area contributed by atoms with Gasteiger partial charge in [0.15, 0.2) is 0 Å². The molecule has 0 amide bonds. The number of hydrogen-bond acceptors (Lipinski definition) is 0. The number of rotatable bonds is 32. The topological polar surface area (TPSA) is 0 Å². The Hall–Kier alpha value is 2.88. The minimum atomic E-state index is 0. The summed E-state index contributed by atoms with van der Waals surface area (Å²) in [6, 6.07) is 0. The van der Waals surface area contributed by atoms with Gasteiger partial charge in [0.05, 0.1) is 24.6 Å². The maximum atomic E-state index is 2.28. The second kappa shape index (κ2) is 78.8. The molecule has 48 heavy (non-hydrogen) atoms. The van der Waals surface area contributed by atoms with Gasteiger partial charge in [-0.25, -0.2) is 0 Å². The van der Waals surface area contributed by atoms with Gasteiger partial charge in [-0.05, 0) is 88.3 Å². The number of unbranched alkanes of at least 4 members (excludes halogenated alkanes) is 28. The first-order chi connectivity index (χ1) is 21.7. The zero-order valence-corrected chi connectivity index (χ0v) is 42.5. The van der Waals surface area contributed by atoms with Crippen LogP contribution in [0.1, 0.15) is 233 Å². The third-order valence-electron chi connectivity index (χ3n) is 8.41. The van der Waals surface area contributed by atoms with Crippen molar-refractivity contribution in [2.45, 2.75) is 233 Å². The first-order valence-corrected chi connectivity index (χ1v) is 24.8. The summed E-state index contributed by atoms with van der Waals surface area (Å²) in [6.07, 6.45) is 52.0. The van der Waals surface area contributed by atoms with Gasteiger partial charge in [-0.15, -0.1) is 0 Å². The van der Waals surface area contributed by atoms with Crippen LogP contribution in [0.4, 0.5) is 0 Å². The summed E-state index contributed by atoms with van der Waals surface area (Å²) in [4.78, 5) is 0. The highest BCUT2D eigenvalue weighted by Gasteiger charge is 1.92. The van der Waals surface area contributed by atoms with Gasteiger partial charge in [0.1, 0.15) is 0 Å². The summed E-state index contributed by atoms with van der Waals surface area (Å²) in [5, 5.41) is 0. The van der Waals surface area contributed by atoms with Crippen LogP contribution in [-0.4, -0.2) is 24.6 Å². The van der Waals surface area contributed by atoms with Gasteiger partial charge in [0.2, 0.25) is 0 Å². The van der Waals surface area contributed by atoms with Crippen molar-refractivity contribution in [1.29, 1.82) is 0 Å². The first kappa shape index (κ1) is 68.8. The molecule has 4 unspecified atom stereocenters. The molecule has 0 fully saturated rings. The van der Waals surface area contributed by atoms with Crippen molar-refractivity contribution in [2.24, 2.45) is 0 Å². The van der Waals surface area contributed by atoms with E-state index in [1.54, 1.807) is 0 Å². The van der Waals surface area contributed by atoms with Gasteiger partial charge in [0, 0.05) is 0 Å². The molecule has 0 spiro atoms. The molecule has 0 rings (SSSR count). The Morgan fingerprint density at radius 2 is 0.292 bits per heavy atom. The van der Waals surface area contributed by atoms with Crippen LogP contribution in [-0.2, 0) is 0 Å². The van der Waals surface area contributed by atoms with Gasteiger partial charge in [0.25, 0.3) is 0 Å². The molecule has 0 nitrogen and oxygen atoms in total. The fraction of sp³-hybridized carbons (Fsp3) is 1.00. The standard InChI is InChI=1S/4C10H23P.4ClH/c4*1-2-3-4-5-6-7-8-9-10-11;;;;/h4*2-11H2,1H3;4*1H. The predicted molar refractivity (Wildman–Crippen MR) is 234 cm³/mol. The van der Waals surface area contributed by atoms with E-state index in [9.17, 15) is 0 Å². The Labute approximate surface area is 342 Å². The fourth-order valence-corrected chi connectivity index (χ4v) is 6.66. The highest BCUT2D eigenvalue weighted by Crippen LogP contribution is 2.11. The normalized spacial score (nSPS) is 9.75. The Morgan fingerprint density at radius 3 is 0.396 bits per heavy atom. The molecular formula is C40H96Cl4P4. The molecule has 0 radical (unpaired) electrons. The van der Waals surface area contributed by atoms with Crippen molar-refractivity contribution in [3.63, 3.8) is 0 Å². The van der Waals surface area contributed by atoms with Crippen LogP contribution in [0.15, 0.2) is 0 Å². The van der Waals surface area contributed by atoms with Gasteiger partial charge in [-0.1, -0.05) is 182 Å². The number of halogens is 4. The molecule has 0 aromatic rings. The van der Waals surface area contributed by atoms with E-state index >= 15 is 0 Å². The summed E-state index contributed by atoms with van der Waals surface area (Å²) in [7, 11) is 8.41. The summed E-state index contributed by atoms with van der Waals surface area (Å²) < 4.78 is 0. The van der Waals surface area contributed by atoms with E-state index in [-0.39, 0.29) is 49.6 Å². The van der Waals surface area contributed by atoms with E-state index in [1.807, 2.05) is 0 Å². The SMILES string of the molecule is CCCCCCCCCC[PH3+].CCCCCCCCCC[PH3+].CCCCCCCCCC[PH3+].CCCCCCCCCC[PH3+].[Cl-].[Cl-].[Cl-].[Cl-]. The van der Waals surface area contributed by atoms with Crippen molar-refractivity contribution in [3.05, 3.63) is 0 Å². The van der Waals surface area contributed by atoms with E-state index in [0.29, 0.717) is 0 Å². The second-order valence-electron chi connectivity index (χ2n) is 13.3. The Kier molecular flexibility index (Phi) is 113. The van der Waals surface area contributed by atoms with Crippen molar-refractivity contribution < 1.29 is 49.6 Å². The molecular weight excluding hydrogens is 746 g/mol. The summed E-state index contributed by atoms with van der Waals surface area (Å²) >= 11 is 0. The van der Waals surface area contributed by atoms with Gasteiger partial charge < -0.3 is 49.6 Å². The van der Waals surface area contributed by atoms with E-state index < -0.39 is 0 Å². The Morgan fingerprint density at radius 1 is 0.188 bits per heavy atom. The van der Waals surface area contributed by atoms with Gasteiger partial charge in [-0.2, -0.15) is 0 Å². The summed E-state index contributed by atoms with van der Waals surface area (Å²) in [5.41, 5.74) is 0. The summed E-state index contributed by atoms with van der Waals surface area (Å²) in [6.45, 7) is 9.10. The molecule has 0 N–H and O–H groups in total. The third-order valence-corrected chi connectivity index (χ3v) is 10.4. The lowest BCUT2D eigenvalue weighted by Gasteiger charge is -1.98. The highest BCUT2D eigenvalue weighted by atomic mass is 35.5. The first-order valence-electron chi connectivity index (χ1n) is 20.8. The lowest BCUT2D eigenvalue weighted by atomic mass is 10.1. The highest BCUT2D eigenvalue weighted by molar-refractivity contribution is 7.16. The molecule has 0 saturated carbocycles. The summed E-state index contributed by atoms with van der Waals surface area (Å²) in [5.74, 6) is 0. The molecule has 0 aromatic heterocycles. The van der Waals surface area contributed by atoms with Crippen molar-refractivity contribution in [3.8, 4) is 0 Å². The van der Waals surface area contributed by atoms with Crippen LogP contribution in [0, 0.1) is 0 Å². The van der Waals surface area contributed by atoms with Crippen molar-refractivity contribution in [2.75, 3.05) is 24.6 Å². The van der Waals surface area contributed by atoms with Crippen LogP contribution in [0.5, 0.6) is 0 Å². The smallest absolute Gasteiger partial charge is 0.0526 e. The lowest BCUT2D eigenvalue weighted by Crippen LogP contribution is -3.00. The Bertz CT molecular complexity index is 307. The molecule has 0 heterocycles. The van der Waals surface area contributed by atoms with E-state index in [4.69, 9.17) is 0 Å². The fourth-order valence-electron chi connectivity index (χ4n) is 5.24. The molecule has 304 valence electrons. The van der Waals surface area contributed by atoms with Crippen LogP contribution < -0.4 is 49.6 Å².